The average Bonchev–Trinajstić information content (AvgIpc) is 3.28. The Kier molecular flexibility index (Phi) is 5.86. The van der Waals surface area contributed by atoms with Gasteiger partial charge in [-0.2, -0.15) is 0 Å². The van der Waals surface area contributed by atoms with E-state index in [1.54, 1.807) is 6.07 Å². The average molecular weight is 455 g/mol. The third-order valence-electron chi connectivity index (χ3n) is 6.27. The fourth-order valence-corrected chi connectivity index (χ4v) is 4.43. The lowest BCUT2D eigenvalue weighted by Gasteiger charge is -2.23. The zero-order valence-electron chi connectivity index (χ0n) is 18.9. The molecule has 172 valence electrons. The molecule has 0 radical (unpaired) electrons. The summed E-state index contributed by atoms with van der Waals surface area (Å²) in [5, 5.41) is 15.9. The summed E-state index contributed by atoms with van der Waals surface area (Å²) in [5.41, 5.74) is 5.77. The fraction of sp³-hybridized carbons (Fsp3) is 0.222. The van der Waals surface area contributed by atoms with Crippen LogP contribution >= 0.6 is 0 Å². The van der Waals surface area contributed by atoms with Crippen molar-refractivity contribution in [3.05, 3.63) is 77.4 Å². The molecular weight excluding hydrogens is 428 g/mol. The van der Waals surface area contributed by atoms with Gasteiger partial charge in [-0.05, 0) is 73.8 Å². The van der Waals surface area contributed by atoms with Gasteiger partial charge in [-0.15, -0.1) is 0 Å². The molecule has 7 nitrogen and oxygen atoms in total. The molecule has 1 saturated heterocycles. The fourth-order valence-electron chi connectivity index (χ4n) is 4.43. The van der Waals surface area contributed by atoms with Crippen LogP contribution in [0.1, 0.15) is 39.1 Å². The summed E-state index contributed by atoms with van der Waals surface area (Å²) < 4.78 is 0. The Morgan fingerprint density at radius 1 is 0.941 bits per heavy atom. The summed E-state index contributed by atoms with van der Waals surface area (Å²) in [4.78, 5) is 31.9. The topological polar surface area (TPSA) is 107 Å². The predicted octanol–water partition coefficient (Wildman–Crippen LogP) is 4.39. The van der Waals surface area contributed by atoms with Crippen molar-refractivity contribution >= 4 is 22.9 Å². The number of aromatic carboxylic acids is 1. The van der Waals surface area contributed by atoms with Crippen LogP contribution in [0.3, 0.4) is 0 Å². The Labute approximate surface area is 197 Å². The first-order valence-corrected chi connectivity index (χ1v) is 11.4. The highest BCUT2D eigenvalue weighted by atomic mass is 16.4. The van der Waals surface area contributed by atoms with Gasteiger partial charge in [0.25, 0.3) is 5.91 Å². The summed E-state index contributed by atoms with van der Waals surface area (Å²) in [6, 6.07) is 19.3. The quantitative estimate of drug-likeness (QED) is 0.358. The van der Waals surface area contributed by atoms with Crippen molar-refractivity contribution in [1.29, 1.82) is 0 Å². The van der Waals surface area contributed by atoms with E-state index in [1.165, 1.54) is 0 Å². The van der Waals surface area contributed by atoms with Gasteiger partial charge < -0.3 is 20.7 Å². The van der Waals surface area contributed by atoms with Crippen LogP contribution in [-0.4, -0.2) is 46.1 Å². The molecule has 0 bridgehead atoms. The minimum absolute atomic E-state index is 0.0327. The van der Waals surface area contributed by atoms with Crippen LogP contribution in [0, 0.1) is 6.92 Å². The third-order valence-corrected chi connectivity index (χ3v) is 6.27. The van der Waals surface area contributed by atoms with E-state index < -0.39 is 5.97 Å². The number of aromatic nitrogens is 2. The van der Waals surface area contributed by atoms with E-state index in [9.17, 15) is 14.7 Å². The van der Waals surface area contributed by atoms with Crippen molar-refractivity contribution < 1.29 is 14.7 Å². The number of rotatable bonds is 5. The van der Waals surface area contributed by atoms with Crippen LogP contribution in [0.15, 0.2) is 60.7 Å². The number of carboxylic acid groups (broad SMARTS) is 1. The van der Waals surface area contributed by atoms with Crippen molar-refractivity contribution in [2.75, 3.05) is 13.1 Å². The Hall–Kier alpha value is -3.97. The Morgan fingerprint density at radius 3 is 2.21 bits per heavy atom. The SMILES string of the molecule is Cc1cc(C(=O)O)c2nc(-c3ccc(-c4ccc(C(=O)NC5CCNCC5)cc4)cc3)[nH]c2c1. The second-order valence-electron chi connectivity index (χ2n) is 8.75. The van der Waals surface area contributed by atoms with Crippen molar-refractivity contribution in [3.63, 3.8) is 0 Å². The molecule has 4 N–H and O–H groups in total. The van der Waals surface area contributed by atoms with Crippen molar-refractivity contribution in [2.45, 2.75) is 25.8 Å². The maximum absolute atomic E-state index is 12.5. The molecule has 0 unspecified atom stereocenters. The number of amides is 1. The molecule has 1 fully saturated rings. The molecule has 7 heteroatoms. The van der Waals surface area contributed by atoms with E-state index in [-0.39, 0.29) is 17.5 Å². The zero-order valence-corrected chi connectivity index (χ0v) is 18.9. The maximum Gasteiger partial charge on any atom is 0.337 e. The number of nitrogens with zero attached hydrogens (tertiary/aromatic N) is 1. The first-order valence-electron chi connectivity index (χ1n) is 11.4. The summed E-state index contributed by atoms with van der Waals surface area (Å²) in [7, 11) is 0. The summed E-state index contributed by atoms with van der Waals surface area (Å²) in [5.74, 6) is -0.399. The first kappa shape index (κ1) is 21.9. The van der Waals surface area contributed by atoms with Gasteiger partial charge in [0.15, 0.2) is 0 Å². The Bertz CT molecular complexity index is 1350. The highest BCUT2D eigenvalue weighted by molar-refractivity contribution is 6.02. The molecule has 5 rings (SSSR count). The first-order chi connectivity index (χ1) is 16.5. The predicted molar refractivity (Wildman–Crippen MR) is 132 cm³/mol. The monoisotopic (exact) mass is 454 g/mol. The molecule has 34 heavy (non-hydrogen) atoms. The van der Waals surface area contributed by atoms with E-state index in [1.807, 2.05) is 61.5 Å². The number of hydrogen-bond acceptors (Lipinski definition) is 4. The maximum atomic E-state index is 12.5. The van der Waals surface area contributed by atoms with Crippen molar-refractivity contribution in [3.8, 4) is 22.5 Å². The van der Waals surface area contributed by atoms with Crippen LogP contribution in [0.25, 0.3) is 33.5 Å². The van der Waals surface area contributed by atoms with E-state index in [0.29, 0.717) is 22.4 Å². The Morgan fingerprint density at radius 2 is 1.56 bits per heavy atom. The van der Waals surface area contributed by atoms with Crippen LogP contribution in [0.2, 0.25) is 0 Å². The number of H-pyrrole nitrogens is 1. The number of benzene rings is 3. The summed E-state index contributed by atoms with van der Waals surface area (Å²) >= 11 is 0. The molecule has 3 aromatic carbocycles. The number of carboxylic acids is 1. The lowest BCUT2D eigenvalue weighted by atomic mass is 10.0. The van der Waals surface area contributed by atoms with Gasteiger partial charge in [-0.3, -0.25) is 4.79 Å². The number of imidazole rings is 1. The second-order valence-corrected chi connectivity index (χ2v) is 8.75. The smallest absolute Gasteiger partial charge is 0.337 e. The minimum atomic E-state index is -0.991. The molecular formula is C27H26N4O3. The van der Waals surface area contributed by atoms with E-state index in [4.69, 9.17) is 0 Å². The Balaban J connectivity index is 1.33. The van der Waals surface area contributed by atoms with Crippen LogP contribution in [0.4, 0.5) is 0 Å². The summed E-state index contributed by atoms with van der Waals surface area (Å²) in [6.07, 6.45) is 1.91. The molecule has 1 aromatic heterocycles. The molecule has 1 aliphatic heterocycles. The number of nitrogens with one attached hydrogen (secondary N) is 3. The van der Waals surface area contributed by atoms with Gasteiger partial charge >= 0.3 is 5.97 Å². The lowest BCUT2D eigenvalue weighted by Crippen LogP contribution is -2.42. The van der Waals surface area contributed by atoms with Gasteiger partial charge in [0.2, 0.25) is 0 Å². The minimum Gasteiger partial charge on any atom is -0.478 e. The normalized spacial score (nSPS) is 14.3. The van der Waals surface area contributed by atoms with Crippen molar-refractivity contribution in [2.24, 2.45) is 0 Å². The largest absolute Gasteiger partial charge is 0.478 e. The van der Waals surface area contributed by atoms with Gasteiger partial charge in [0.05, 0.1) is 11.1 Å². The number of piperidine rings is 1. The second kappa shape index (κ2) is 9.11. The molecule has 2 heterocycles. The van der Waals surface area contributed by atoms with E-state index >= 15 is 0 Å². The number of fused-ring (bicyclic) bond motifs is 1. The van der Waals surface area contributed by atoms with Gasteiger partial charge in [0.1, 0.15) is 11.3 Å². The molecule has 0 spiro atoms. The molecule has 0 aliphatic carbocycles. The van der Waals surface area contributed by atoms with Crippen LogP contribution < -0.4 is 10.6 Å². The van der Waals surface area contributed by atoms with Gasteiger partial charge in [0, 0.05) is 17.2 Å². The highest BCUT2D eigenvalue weighted by Crippen LogP contribution is 2.27. The number of aromatic amines is 1. The van der Waals surface area contributed by atoms with E-state index in [2.05, 4.69) is 20.6 Å². The number of carbonyl (C=O) groups excluding carboxylic acids is 1. The number of hydrogen-bond donors (Lipinski definition) is 4. The molecule has 0 atom stereocenters. The molecule has 4 aromatic rings. The van der Waals surface area contributed by atoms with Crippen LogP contribution in [-0.2, 0) is 0 Å². The summed E-state index contributed by atoms with van der Waals surface area (Å²) in [6.45, 7) is 3.74. The van der Waals surface area contributed by atoms with Crippen LogP contribution in [0.5, 0.6) is 0 Å². The van der Waals surface area contributed by atoms with Gasteiger partial charge in [-0.25, -0.2) is 9.78 Å². The molecule has 1 aliphatic rings. The van der Waals surface area contributed by atoms with E-state index in [0.717, 1.165) is 48.2 Å². The third kappa shape index (κ3) is 4.43. The zero-order chi connectivity index (χ0) is 23.7. The lowest BCUT2D eigenvalue weighted by molar-refractivity contribution is 0.0698. The highest BCUT2D eigenvalue weighted by Gasteiger charge is 2.17. The number of aryl methyl sites for hydroxylation is 1. The molecule has 0 saturated carbocycles. The standard InChI is InChI=1S/C27H26N4O3/c1-16-14-22(27(33)34)24-23(15-16)30-25(31-24)19-6-2-17(3-7-19)18-4-8-20(9-5-18)26(32)29-21-10-12-28-13-11-21/h2-9,14-15,21,28H,10-13H2,1H3,(H,29,32)(H,30,31)(H,33,34). The molecule has 1 amide bonds. The van der Waals surface area contributed by atoms with Gasteiger partial charge in [-0.1, -0.05) is 36.4 Å². The van der Waals surface area contributed by atoms with Crippen molar-refractivity contribution in [1.82, 2.24) is 20.6 Å². The number of carbonyl (C=O) groups is 2.